The SMILES string of the molecule is O=[C]N1C=CC=CO1. The summed E-state index contributed by atoms with van der Waals surface area (Å²) in [6.07, 6.45) is 7.74. The molecule has 0 spiro atoms. The fourth-order valence-corrected chi connectivity index (χ4v) is 0.361. The molecular weight excluding hydrogens is 106 g/mol. The van der Waals surface area contributed by atoms with Crippen molar-refractivity contribution in [2.75, 3.05) is 0 Å². The molecule has 0 unspecified atom stereocenters. The maximum atomic E-state index is 9.75. The maximum Gasteiger partial charge on any atom is 0.352 e. The largest absolute Gasteiger partial charge is 0.380 e. The first-order valence-electron chi connectivity index (χ1n) is 2.10. The zero-order valence-electron chi connectivity index (χ0n) is 4.07. The van der Waals surface area contributed by atoms with Crippen LogP contribution < -0.4 is 0 Å². The lowest BCUT2D eigenvalue weighted by atomic mass is 10.6. The number of carbonyl (C=O) groups excluding carboxylic acids is 1. The Kier molecular flexibility index (Phi) is 1.32. The van der Waals surface area contributed by atoms with E-state index in [0.717, 1.165) is 5.06 Å². The van der Waals surface area contributed by atoms with Crippen molar-refractivity contribution in [2.24, 2.45) is 0 Å². The van der Waals surface area contributed by atoms with Crippen LogP contribution in [0.3, 0.4) is 0 Å². The van der Waals surface area contributed by atoms with Crippen LogP contribution >= 0.6 is 0 Å². The molecule has 1 amide bonds. The Bertz CT molecular complexity index is 139. The van der Waals surface area contributed by atoms with E-state index >= 15 is 0 Å². The van der Waals surface area contributed by atoms with Gasteiger partial charge < -0.3 is 4.84 Å². The molecule has 0 aromatic rings. The van der Waals surface area contributed by atoms with Gasteiger partial charge in [-0.15, -0.1) is 5.06 Å². The summed E-state index contributed by atoms with van der Waals surface area (Å²) in [4.78, 5) is 14.3. The third kappa shape index (κ3) is 0.872. The van der Waals surface area contributed by atoms with E-state index in [0.29, 0.717) is 0 Å². The molecule has 0 atom stereocenters. The Morgan fingerprint density at radius 1 is 1.50 bits per heavy atom. The average molecular weight is 110 g/mol. The number of hydrogen-bond donors (Lipinski definition) is 0. The second-order valence-electron chi connectivity index (χ2n) is 1.19. The first-order chi connectivity index (χ1) is 3.93. The van der Waals surface area contributed by atoms with Gasteiger partial charge in [0.05, 0.1) is 0 Å². The molecule has 0 bridgehead atoms. The summed E-state index contributed by atoms with van der Waals surface area (Å²) in [5, 5.41) is 0.944. The van der Waals surface area contributed by atoms with Crippen molar-refractivity contribution in [2.45, 2.75) is 0 Å². The van der Waals surface area contributed by atoms with Gasteiger partial charge in [-0.1, -0.05) is 0 Å². The summed E-state index contributed by atoms with van der Waals surface area (Å²) in [6.45, 7) is 0. The predicted molar refractivity (Wildman–Crippen MR) is 26.9 cm³/mol. The predicted octanol–water partition coefficient (Wildman–Crippen LogP) is 0.328. The number of allylic oxidation sites excluding steroid dienone is 2. The van der Waals surface area contributed by atoms with Crippen molar-refractivity contribution >= 4 is 6.41 Å². The summed E-state index contributed by atoms with van der Waals surface area (Å²) in [5.41, 5.74) is 0. The van der Waals surface area contributed by atoms with Gasteiger partial charge in [-0.05, 0) is 12.2 Å². The highest BCUT2D eigenvalue weighted by atomic mass is 16.7. The van der Waals surface area contributed by atoms with E-state index in [1.54, 1.807) is 12.2 Å². The van der Waals surface area contributed by atoms with Crippen LogP contribution in [0.25, 0.3) is 0 Å². The van der Waals surface area contributed by atoms with Gasteiger partial charge in [-0.3, -0.25) is 4.79 Å². The molecule has 0 aromatic heterocycles. The quantitative estimate of drug-likeness (QED) is 0.486. The molecule has 41 valence electrons. The smallest absolute Gasteiger partial charge is 0.352 e. The van der Waals surface area contributed by atoms with Crippen LogP contribution in [0.15, 0.2) is 24.6 Å². The number of amides is 1. The van der Waals surface area contributed by atoms with E-state index in [1.807, 2.05) is 0 Å². The van der Waals surface area contributed by atoms with Gasteiger partial charge in [0, 0.05) is 6.20 Å². The summed E-state index contributed by atoms with van der Waals surface area (Å²) < 4.78 is 0. The Morgan fingerprint density at radius 3 is 2.75 bits per heavy atom. The minimum atomic E-state index is 0.944. The molecule has 0 saturated heterocycles. The van der Waals surface area contributed by atoms with Crippen LogP contribution in [-0.2, 0) is 9.63 Å². The summed E-state index contributed by atoms with van der Waals surface area (Å²) in [6, 6.07) is 0. The van der Waals surface area contributed by atoms with Crippen molar-refractivity contribution in [3.05, 3.63) is 24.6 Å². The van der Waals surface area contributed by atoms with Crippen molar-refractivity contribution in [1.29, 1.82) is 0 Å². The maximum absolute atomic E-state index is 9.75. The molecule has 1 aliphatic heterocycles. The molecule has 1 heterocycles. The first-order valence-corrected chi connectivity index (χ1v) is 2.10. The molecule has 0 N–H and O–H groups in total. The number of hydroxylamine groups is 2. The highest BCUT2D eigenvalue weighted by Gasteiger charge is 1.95. The fourth-order valence-electron chi connectivity index (χ4n) is 0.361. The third-order valence-electron chi connectivity index (χ3n) is 0.676. The molecular formula is C5H4NO2. The molecule has 0 aliphatic carbocycles. The van der Waals surface area contributed by atoms with E-state index < -0.39 is 0 Å². The molecule has 1 rings (SSSR count). The highest BCUT2D eigenvalue weighted by molar-refractivity contribution is 5.48. The molecule has 0 saturated carbocycles. The van der Waals surface area contributed by atoms with Crippen LogP contribution in [-0.4, -0.2) is 11.5 Å². The minimum Gasteiger partial charge on any atom is -0.380 e. The van der Waals surface area contributed by atoms with Crippen LogP contribution in [0.4, 0.5) is 0 Å². The van der Waals surface area contributed by atoms with Crippen molar-refractivity contribution < 1.29 is 9.63 Å². The molecule has 0 aromatic carbocycles. The number of nitrogens with zero attached hydrogens (tertiary/aromatic N) is 1. The van der Waals surface area contributed by atoms with Crippen LogP contribution in [0.5, 0.6) is 0 Å². The van der Waals surface area contributed by atoms with Crippen molar-refractivity contribution in [3.63, 3.8) is 0 Å². The second kappa shape index (κ2) is 2.16. The lowest BCUT2D eigenvalue weighted by Gasteiger charge is -2.09. The van der Waals surface area contributed by atoms with Crippen molar-refractivity contribution in [1.82, 2.24) is 5.06 Å². The Balaban J connectivity index is 2.51. The van der Waals surface area contributed by atoms with E-state index in [1.165, 1.54) is 18.9 Å². The zero-order valence-corrected chi connectivity index (χ0v) is 4.07. The van der Waals surface area contributed by atoms with Crippen molar-refractivity contribution in [3.8, 4) is 0 Å². The van der Waals surface area contributed by atoms with Gasteiger partial charge in [0.15, 0.2) is 0 Å². The lowest BCUT2D eigenvalue weighted by Crippen LogP contribution is -2.12. The Hall–Kier alpha value is -1.25. The average Bonchev–Trinajstić information content (AvgIpc) is 1.90. The van der Waals surface area contributed by atoms with Gasteiger partial charge >= 0.3 is 6.41 Å². The normalized spacial score (nSPS) is 15.8. The number of rotatable bonds is 1. The van der Waals surface area contributed by atoms with Crippen LogP contribution in [0.2, 0.25) is 0 Å². The molecule has 3 nitrogen and oxygen atoms in total. The summed E-state index contributed by atoms with van der Waals surface area (Å²) >= 11 is 0. The third-order valence-corrected chi connectivity index (χ3v) is 0.676. The fraction of sp³-hybridized carbons (Fsp3) is 0. The van der Waals surface area contributed by atoms with Crippen LogP contribution in [0.1, 0.15) is 0 Å². The first kappa shape index (κ1) is 4.90. The van der Waals surface area contributed by atoms with E-state index in [2.05, 4.69) is 4.84 Å². The highest BCUT2D eigenvalue weighted by Crippen LogP contribution is 1.94. The number of hydrogen-bond acceptors (Lipinski definition) is 2. The zero-order chi connectivity index (χ0) is 5.82. The van der Waals surface area contributed by atoms with Gasteiger partial charge in [0.1, 0.15) is 6.26 Å². The molecule has 8 heavy (non-hydrogen) atoms. The standard InChI is InChI=1S/C5H4NO2/c7-5-6-3-1-2-4-8-6/h1-4H. The summed E-state index contributed by atoms with van der Waals surface area (Å²) in [7, 11) is 0. The second-order valence-corrected chi connectivity index (χ2v) is 1.19. The molecule has 3 heteroatoms. The van der Waals surface area contributed by atoms with E-state index in [4.69, 9.17) is 0 Å². The molecule has 1 aliphatic rings. The molecule has 1 radical (unpaired) electrons. The minimum absolute atomic E-state index is 0.944. The van der Waals surface area contributed by atoms with Gasteiger partial charge in [0.2, 0.25) is 0 Å². The lowest BCUT2D eigenvalue weighted by molar-refractivity contribution is 0.00961. The topological polar surface area (TPSA) is 29.5 Å². The monoisotopic (exact) mass is 110 g/mol. The van der Waals surface area contributed by atoms with E-state index in [9.17, 15) is 4.79 Å². The van der Waals surface area contributed by atoms with Gasteiger partial charge in [0.25, 0.3) is 0 Å². The van der Waals surface area contributed by atoms with E-state index in [-0.39, 0.29) is 0 Å². The molecule has 0 fully saturated rings. The summed E-state index contributed by atoms with van der Waals surface area (Å²) in [5.74, 6) is 0. The van der Waals surface area contributed by atoms with Gasteiger partial charge in [-0.25, -0.2) is 0 Å². The Labute approximate surface area is 46.8 Å². The van der Waals surface area contributed by atoms with Gasteiger partial charge in [-0.2, -0.15) is 0 Å². The Morgan fingerprint density at radius 2 is 2.38 bits per heavy atom. The van der Waals surface area contributed by atoms with Crippen LogP contribution in [0, 0.1) is 0 Å².